The second-order valence-corrected chi connectivity index (χ2v) is 13.0. The van der Waals surface area contributed by atoms with Crippen LogP contribution in [0.25, 0.3) is 22.3 Å². The quantitative estimate of drug-likeness (QED) is 0.0540. The molecule has 0 saturated carbocycles. The lowest BCUT2D eigenvalue weighted by molar-refractivity contribution is -1.08. The fourth-order valence-electron chi connectivity index (χ4n) is 6.41. The Labute approximate surface area is 314 Å². The largest absolute Gasteiger partial charge is 0.578 e. The molecule has 55 heavy (non-hydrogen) atoms. The van der Waals surface area contributed by atoms with Crippen LogP contribution in [0.2, 0.25) is 0 Å². The van der Waals surface area contributed by atoms with Gasteiger partial charge in [-0.2, -0.15) is 5.06 Å². The number of phenolic OH excluding ortho intramolecular Hbond substituents is 2. The zero-order valence-electron chi connectivity index (χ0n) is 31.2. The monoisotopic (exact) mass is 764 g/mol. The van der Waals surface area contributed by atoms with E-state index in [0.29, 0.717) is 6.42 Å². The summed E-state index contributed by atoms with van der Waals surface area (Å²) in [6.45, 7) is 10.8. The summed E-state index contributed by atoms with van der Waals surface area (Å²) in [5.74, 6) is -10.1. The van der Waals surface area contributed by atoms with E-state index < -0.39 is 81.0 Å². The number of rotatable bonds is 10. The highest BCUT2D eigenvalue weighted by Crippen LogP contribution is 2.58. The average Bonchev–Trinajstić information content (AvgIpc) is 3.11. The van der Waals surface area contributed by atoms with Crippen LogP contribution in [-0.2, 0) is 28.7 Å². The molecule has 0 radical (unpaired) electrons. The molecular formula is C38H40N2O15. The standard InChI is InChI=1S/C38H40N2O15/c1-9-18(3)31-36(53-23(8)44)40(49)38(19(4)10-2,37(47)39(31)48)54-28-17-25(13-16-27(28)55-40)30-33(46)32(45)29(24-11-14-26(15-12-24)50-20(5)41)34(51-21(6)42)35(30)52-22(7)43/h11-19,45-46,48H,9-10H2,1-8H3/t18-,19-,38+,40-/m0/s1. The average molecular weight is 765 g/mol. The highest BCUT2D eigenvalue weighted by Gasteiger charge is 2.73. The van der Waals surface area contributed by atoms with Gasteiger partial charge in [-0.05, 0) is 54.3 Å². The van der Waals surface area contributed by atoms with Crippen LogP contribution in [0.3, 0.4) is 0 Å². The number of nitrogens with zero attached hydrogens (tertiary/aromatic N) is 2. The number of quaternary nitrogens is 1. The predicted octanol–water partition coefficient (Wildman–Crippen LogP) is 5.96. The number of allylic oxidation sites excluding steroid dienone is 1. The number of amides is 1. The van der Waals surface area contributed by atoms with Crippen molar-refractivity contribution in [2.24, 2.45) is 11.8 Å². The molecule has 17 heteroatoms. The van der Waals surface area contributed by atoms with Crippen molar-refractivity contribution < 1.29 is 72.7 Å². The molecule has 2 heterocycles. The van der Waals surface area contributed by atoms with E-state index in [2.05, 4.69) is 0 Å². The number of aromatic hydroxyl groups is 2. The SMILES string of the molecule is CC[C@H](C)C1=C(OC(C)=O)[N@+]2([O-])Oc3ccc(-c4c(O)c(O)c(-c5ccc(OC(C)=O)cc5)c(OC(C)=O)c4OC(C)=O)cc3O[C@]2([C@@H](C)CC)C(=O)N1O. The third-order valence-electron chi connectivity index (χ3n) is 9.23. The van der Waals surface area contributed by atoms with Gasteiger partial charge in [0.15, 0.2) is 34.4 Å². The fourth-order valence-corrected chi connectivity index (χ4v) is 6.41. The van der Waals surface area contributed by atoms with E-state index in [1.54, 1.807) is 20.8 Å². The maximum atomic E-state index is 15.2. The minimum absolute atomic E-state index is 0.0677. The molecule has 292 valence electrons. The number of hydrogen-bond donors (Lipinski definition) is 3. The van der Waals surface area contributed by atoms with E-state index >= 15 is 5.21 Å². The topological polar surface area (TPSA) is 228 Å². The molecule has 0 saturated heterocycles. The first kappa shape index (κ1) is 40.0. The number of ether oxygens (including phenoxy) is 5. The van der Waals surface area contributed by atoms with Crippen LogP contribution < -0.4 is 23.8 Å². The zero-order valence-corrected chi connectivity index (χ0v) is 31.2. The van der Waals surface area contributed by atoms with Gasteiger partial charge in [0.1, 0.15) is 5.75 Å². The molecule has 2 aliphatic rings. The van der Waals surface area contributed by atoms with Crippen molar-refractivity contribution in [2.75, 3.05) is 0 Å². The third-order valence-corrected chi connectivity index (χ3v) is 9.23. The minimum atomic E-state index is -2.65. The zero-order chi connectivity index (χ0) is 40.7. The van der Waals surface area contributed by atoms with Gasteiger partial charge in [0.25, 0.3) is 0 Å². The summed E-state index contributed by atoms with van der Waals surface area (Å²) in [6, 6.07) is 9.23. The number of carbonyl (C=O) groups excluding carboxylic acids is 5. The summed E-state index contributed by atoms with van der Waals surface area (Å²) in [5.41, 5.74) is -3.54. The van der Waals surface area contributed by atoms with Gasteiger partial charge in [0, 0.05) is 33.6 Å². The molecule has 0 bridgehead atoms. The molecule has 2 aliphatic heterocycles. The Kier molecular flexibility index (Phi) is 10.9. The Morgan fingerprint density at radius 2 is 1.29 bits per heavy atom. The van der Waals surface area contributed by atoms with Gasteiger partial charge in [0.05, 0.1) is 17.0 Å². The van der Waals surface area contributed by atoms with Crippen molar-refractivity contribution in [2.45, 2.75) is 74.0 Å². The van der Waals surface area contributed by atoms with E-state index in [0.717, 1.165) is 20.8 Å². The molecule has 3 aromatic carbocycles. The molecule has 3 N–H and O–H groups in total. The van der Waals surface area contributed by atoms with Crippen molar-refractivity contribution in [1.29, 1.82) is 0 Å². The number of carbonyl (C=O) groups is 5. The third kappa shape index (κ3) is 6.77. The second-order valence-electron chi connectivity index (χ2n) is 13.0. The maximum Gasteiger partial charge on any atom is 0.374 e. The summed E-state index contributed by atoms with van der Waals surface area (Å²) < 4.78 is 27.8. The van der Waals surface area contributed by atoms with E-state index in [4.69, 9.17) is 28.5 Å². The first-order valence-electron chi connectivity index (χ1n) is 17.2. The highest BCUT2D eigenvalue weighted by molar-refractivity contribution is 5.96. The Hall–Kier alpha value is -6.17. The molecule has 3 aromatic rings. The minimum Gasteiger partial charge on any atom is -0.578 e. The van der Waals surface area contributed by atoms with Gasteiger partial charge in [-0.3, -0.25) is 34.0 Å². The number of benzene rings is 3. The Morgan fingerprint density at radius 1 is 0.782 bits per heavy atom. The molecule has 4 atom stereocenters. The summed E-state index contributed by atoms with van der Waals surface area (Å²) in [6.07, 6.45) is 0.433. The van der Waals surface area contributed by atoms with Gasteiger partial charge < -0.3 is 39.1 Å². The summed E-state index contributed by atoms with van der Waals surface area (Å²) in [4.78, 5) is 67.0. The molecule has 5 rings (SSSR count). The predicted molar refractivity (Wildman–Crippen MR) is 189 cm³/mol. The van der Waals surface area contributed by atoms with Crippen molar-refractivity contribution in [3.8, 4) is 62.5 Å². The number of hydroxylamine groups is 6. The van der Waals surface area contributed by atoms with Gasteiger partial charge >= 0.3 is 41.4 Å². The van der Waals surface area contributed by atoms with Crippen LogP contribution >= 0.6 is 0 Å². The molecule has 17 nitrogen and oxygen atoms in total. The summed E-state index contributed by atoms with van der Waals surface area (Å²) in [7, 11) is 0. The van der Waals surface area contributed by atoms with E-state index in [1.165, 1.54) is 56.3 Å². The van der Waals surface area contributed by atoms with Crippen molar-refractivity contribution in [3.63, 3.8) is 0 Å². The normalized spacial score (nSPS) is 19.9. The summed E-state index contributed by atoms with van der Waals surface area (Å²) in [5, 5.41) is 49.8. The second kappa shape index (κ2) is 14.9. The van der Waals surface area contributed by atoms with Crippen molar-refractivity contribution >= 4 is 29.8 Å². The van der Waals surface area contributed by atoms with Gasteiger partial charge in [-0.15, -0.1) is 0 Å². The first-order valence-corrected chi connectivity index (χ1v) is 17.2. The van der Waals surface area contributed by atoms with Gasteiger partial charge in [-0.25, -0.2) is 0 Å². The first-order chi connectivity index (χ1) is 25.8. The number of fused-ring (bicyclic) bond motifs is 2. The van der Waals surface area contributed by atoms with E-state index in [-0.39, 0.29) is 56.7 Å². The fraction of sp³-hybridized carbons (Fsp3) is 0.342. The molecule has 0 unspecified atom stereocenters. The Morgan fingerprint density at radius 3 is 1.78 bits per heavy atom. The smallest absolute Gasteiger partial charge is 0.374 e. The van der Waals surface area contributed by atoms with Gasteiger partial charge in [-0.1, -0.05) is 44.6 Å². The van der Waals surface area contributed by atoms with Crippen molar-refractivity contribution in [3.05, 3.63) is 59.3 Å². The van der Waals surface area contributed by atoms with Crippen LogP contribution in [0.4, 0.5) is 0 Å². The lowest BCUT2D eigenvalue weighted by Crippen LogP contribution is -2.78. The van der Waals surface area contributed by atoms with Gasteiger partial charge in [0.2, 0.25) is 5.75 Å². The molecule has 0 aliphatic carbocycles. The Bertz CT molecular complexity index is 2130. The van der Waals surface area contributed by atoms with Crippen LogP contribution in [0, 0.1) is 17.0 Å². The molecule has 0 fully saturated rings. The molecule has 1 amide bonds. The maximum absolute atomic E-state index is 15.2. The van der Waals surface area contributed by atoms with Crippen LogP contribution in [0.5, 0.6) is 40.2 Å². The number of hydrogen-bond acceptors (Lipinski definition) is 15. The molecule has 0 spiro atoms. The Balaban J connectivity index is 1.78. The van der Waals surface area contributed by atoms with E-state index in [9.17, 15) is 39.4 Å². The lowest BCUT2D eigenvalue weighted by atomic mass is 9.89. The molecular weight excluding hydrogens is 724 g/mol. The van der Waals surface area contributed by atoms with Crippen molar-refractivity contribution in [1.82, 2.24) is 5.06 Å². The molecule has 0 aromatic heterocycles. The lowest BCUT2D eigenvalue weighted by Gasteiger charge is -2.56. The van der Waals surface area contributed by atoms with Crippen LogP contribution in [-0.4, -0.2) is 60.8 Å². The number of esters is 4. The van der Waals surface area contributed by atoms with Crippen LogP contribution in [0.1, 0.15) is 68.2 Å². The highest BCUT2D eigenvalue weighted by atomic mass is 17.0. The van der Waals surface area contributed by atoms with E-state index in [1.807, 2.05) is 0 Å². The van der Waals surface area contributed by atoms with Crippen LogP contribution in [0.15, 0.2) is 54.0 Å². The summed E-state index contributed by atoms with van der Waals surface area (Å²) >= 11 is 0. The number of phenols is 2.